The van der Waals surface area contributed by atoms with Crippen molar-refractivity contribution in [1.29, 1.82) is 0 Å². The van der Waals surface area contributed by atoms with Gasteiger partial charge in [0.2, 0.25) is 10.0 Å². The molecule has 1 fully saturated rings. The first-order valence-corrected chi connectivity index (χ1v) is 11.4. The number of benzene rings is 2. The van der Waals surface area contributed by atoms with E-state index < -0.39 is 15.3 Å². The molecule has 0 atom stereocenters. The van der Waals surface area contributed by atoms with Gasteiger partial charge in [-0.1, -0.05) is 42.5 Å². The normalized spacial score (nSPS) is 15.0. The van der Waals surface area contributed by atoms with Gasteiger partial charge < -0.3 is 9.47 Å². The highest BCUT2D eigenvalue weighted by molar-refractivity contribution is 7.89. The maximum absolute atomic E-state index is 10.1. The molecule has 5 nitrogen and oxygen atoms in total. The summed E-state index contributed by atoms with van der Waals surface area (Å²) in [6.07, 6.45) is 2.27. The second kappa shape index (κ2) is 10.6. The molecule has 1 heterocycles. The van der Waals surface area contributed by atoms with E-state index in [1.54, 1.807) is 0 Å². The van der Waals surface area contributed by atoms with Gasteiger partial charge in [-0.2, -0.15) is 0 Å². The molecule has 2 aromatic carbocycles. The van der Waals surface area contributed by atoms with Crippen molar-refractivity contribution in [3.63, 3.8) is 0 Å². The predicted octanol–water partition coefficient (Wildman–Crippen LogP) is 4.58. The van der Waals surface area contributed by atoms with Crippen molar-refractivity contribution in [1.82, 2.24) is 0 Å². The molecule has 28 heavy (non-hydrogen) atoms. The lowest BCUT2D eigenvalue weighted by molar-refractivity contribution is 0.0853. The van der Waals surface area contributed by atoms with E-state index in [-0.39, 0.29) is 1.43 Å². The van der Waals surface area contributed by atoms with E-state index in [0.29, 0.717) is 12.5 Å². The Morgan fingerprint density at radius 1 is 1.11 bits per heavy atom. The van der Waals surface area contributed by atoms with Crippen LogP contribution in [0.2, 0.25) is 0 Å². The third-order valence-electron chi connectivity index (χ3n) is 4.76. The maximum Gasteiger partial charge on any atom is 0.211 e. The summed E-state index contributed by atoms with van der Waals surface area (Å²) in [5, 5.41) is 4.20. The number of hydrogen-bond donors (Lipinski definition) is 1. The third-order valence-corrected chi connectivity index (χ3v) is 6.07. The van der Waals surface area contributed by atoms with Gasteiger partial charge >= 0.3 is 0 Å². The van der Waals surface area contributed by atoms with Gasteiger partial charge in [0.15, 0.2) is 0 Å². The highest BCUT2D eigenvalue weighted by atomic mass is 32.2. The fraction of sp³-hybridized carbons (Fsp3) is 0.455. The number of primary sulfonamides is 1. The van der Waals surface area contributed by atoms with Crippen LogP contribution in [-0.4, -0.2) is 33.5 Å². The Bertz CT molecular complexity index is 832. The number of para-hydroxylation sites is 1. The van der Waals surface area contributed by atoms with Gasteiger partial charge in [-0.15, -0.1) is 0 Å². The molecule has 0 radical (unpaired) electrons. The van der Waals surface area contributed by atoms with Gasteiger partial charge in [-0.3, -0.25) is 0 Å². The Morgan fingerprint density at radius 3 is 2.21 bits per heavy atom. The van der Waals surface area contributed by atoms with Crippen LogP contribution in [-0.2, 0) is 14.8 Å². The molecule has 0 bridgehead atoms. The van der Waals surface area contributed by atoms with Gasteiger partial charge in [0.1, 0.15) is 5.75 Å². The smallest absolute Gasteiger partial charge is 0.211 e. The molecule has 0 unspecified atom stereocenters. The van der Waals surface area contributed by atoms with Crippen molar-refractivity contribution in [3.8, 4) is 16.9 Å². The largest absolute Gasteiger partial charge is 0.493 e. The van der Waals surface area contributed by atoms with Crippen LogP contribution in [0.5, 0.6) is 5.75 Å². The Balaban J connectivity index is 0.000000456. The summed E-state index contributed by atoms with van der Waals surface area (Å²) in [7, 11) is -3.24. The van der Waals surface area contributed by atoms with Crippen molar-refractivity contribution in [3.05, 3.63) is 54.1 Å². The van der Waals surface area contributed by atoms with Crippen molar-refractivity contribution < 1.29 is 19.3 Å². The summed E-state index contributed by atoms with van der Waals surface area (Å²) in [5.74, 6) is 1.61. The molecule has 0 aliphatic carbocycles. The number of hydrogen-bond acceptors (Lipinski definition) is 4. The number of rotatable bonds is 5. The van der Waals surface area contributed by atoms with Crippen LogP contribution < -0.4 is 9.88 Å². The van der Waals surface area contributed by atoms with Crippen molar-refractivity contribution in [2.24, 2.45) is 5.14 Å². The van der Waals surface area contributed by atoms with Crippen LogP contribution in [0.3, 0.4) is 0 Å². The average Bonchev–Trinajstić information content (AvgIpc) is 2.69. The minimum atomic E-state index is -3.24. The predicted molar refractivity (Wildman–Crippen MR) is 116 cm³/mol. The molecule has 6 heteroatoms. The monoisotopic (exact) mass is 407 g/mol. The van der Waals surface area contributed by atoms with Gasteiger partial charge in [0.05, 0.1) is 11.9 Å². The summed E-state index contributed by atoms with van der Waals surface area (Å²) in [6, 6.07) is 17.2. The van der Waals surface area contributed by atoms with Crippen molar-refractivity contribution in [2.75, 3.05) is 19.8 Å². The Morgan fingerprint density at radius 2 is 1.68 bits per heavy atom. The summed E-state index contributed by atoms with van der Waals surface area (Å²) >= 11 is 0. The summed E-state index contributed by atoms with van der Waals surface area (Å²) in [4.78, 5) is 0. The molecule has 0 spiro atoms. The van der Waals surface area contributed by atoms with Crippen LogP contribution in [0.1, 0.15) is 46.5 Å². The van der Waals surface area contributed by atoms with Crippen LogP contribution in [0.15, 0.2) is 48.5 Å². The molecule has 2 N–H and O–H groups in total. The second-order valence-corrected chi connectivity index (χ2v) is 9.20. The lowest BCUT2D eigenvalue weighted by Gasteiger charge is -2.22. The molecule has 1 aliphatic rings. The molecular formula is C22H33NO4S. The zero-order chi connectivity index (χ0) is 20.6. The maximum atomic E-state index is 10.1. The third kappa shape index (κ3) is 6.62. The average molecular weight is 408 g/mol. The molecule has 0 amide bonds. The van der Waals surface area contributed by atoms with E-state index >= 15 is 0 Å². The molecule has 1 aliphatic heterocycles. The molecule has 2 aromatic rings. The van der Waals surface area contributed by atoms with Gasteiger partial charge in [0.25, 0.3) is 0 Å². The van der Waals surface area contributed by atoms with Crippen molar-refractivity contribution in [2.45, 2.75) is 44.8 Å². The van der Waals surface area contributed by atoms with E-state index in [9.17, 15) is 8.42 Å². The molecule has 0 aromatic heterocycles. The molecule has 3 rings (SSSR count). The van der Waals surface area contributed by atoms with E-state index in [4.69, 9.17) is 9.47 Å². The number of ether oxygens (including phenoxy) is 2. The summed E-state index contributed by atoms with van der Waals surface area (Å²) in [6.45, 7) is 7.56. The Hall–Kier alpha value is -1.89. The van der Waals surface area contributed by atoms with E-state index in [1.807, 2.05) is 19.1 Å². The van der Waals surface area contributed by atoms with Gasteiger partial charge in [-0.25, -0.2) is 13.6 Å². The minimum Gasteiger partial charge on any atom is -0.493 e. The summed E-state index contributed by atoms with van der Waals surface area (Å²) in [5.41, 5.74) is 3.81. The van der Waals surface area contributed by atoms with Crippen LogP contribution in [0.4, 0.5) is 0 Å². The molecule has 0 saturated carbocycles. The highest BCUT2D eigenvalue weighted by Crippen LogP contribution is 2.32. The first-order chi connectivity index (χ1) is 13.3. The van der Waals surface area contributed by atoms with E-state index in [1.165, 1.54) is 25.0 Å². The van der Waals surface area contributed by atoms with Crippen LogP contribution in [0, 0.1) is 0 Å². The van der Waals surface area contributed by atoms with Crippen LogP contribution in [0.25, 0.3) is 11.1 Å². The first-order valence-electron chi connectivity index (χ1n) is 9.74. The van der Waals surface area contributed by atoms with Crippen molar-refractivity contribution >= 4 is 10.0 Å². The van der Waals surface area contributed by atoms with Gasteiger partial charge in [0, 0.05) is 20.2 Å². The highest BCUT2D eigenvalue weighted by Gasteiger charge is 2.16. The molecule has 1 saturated heterocycles. The first kappa shape index (κ1) is 22.4. The fourth-order valence-corrected chi connectivity index (χ4v) is 2.95. The molecule has 156 valence electrons. The number of nitrogens with two attached hydrogens (primary N) is 1. The standard InChI is InChI=1S/C19H22O2.C3H9NO2S.H2/c1-2-21-19-6-4-3-5-18(19)17-9-7-15(8-10-17)16-11-13-20-14-12-16;1-3(2)7(4,5)6;/h3-10,16H,2,11-14H2,1H3;3H,1-2H3,(H2,4,5,6);1H. The summed E-state index contributed by atoms with van der Waals surface area (Å²) < 4.78 is 31.4. The Kier molecular flexibility index (Phi) is 8.48. The fourth-order valence-electron chi connectivity index (χ4n) is 2.95. The zero-order valence-corrected chi connectivity index (χ0v) is 17.7. The topological polar surface area (TPSA) is 78.6 Å². The lowest BCUT2D eigenvalue weighted by Crippen LogP contribution is -2.22. The van der Waals surface area contributed by atoms with Gasteiger partial charge in [-0.05, 0) is 56.7 Å². The Labute approximate surface area is 170 Å². The van der Waals surface area contributed by atoms with Crippen LogP contribution >= 0.6 is 0 Å². The lowest BCUT2D eigenvalue weighted by atomic mass is 9.90. The zero-order valence-electron chi connectivity index (χ0n) is 16.9. The minimum absolute atomic E-state index is 0. The van der Waals surface area contributed by atoms with E-state index in [2.05, 4.69) is 41.5 Å². The SMILES string of the molecule is CC(C)S(N)(=O)=O.CCOc1ccccc1-c1ccc(C2CCOCC2)cc1.[HH]. The second-order valence-electron chi connectivity index (χ2n) is 7.08. The molecular weight excluding hydrogens is 374 g/mol. The quantitative estimate of drug-likeness (QED) is 0.787. The number of sulfonamides is 1. The van der Waals surface area contributed by atoms with E-state index in [0.717, 1.165) is 37.4 Å².